The van der Waals surface area contributed by atoms with Gasteiger partial charge in [0.2, 0.25) is 0 Å². The summed E-state index contributed by atoms with van der Waals surface area (Å²) >= 11 is 0. The molecule has 0 bridgehead atoms. The highest BCUT2D eigenvalue weighted by Crippen LogP contribution is 2.22. The van der Waals surface area contributed by atoms with Gasteiger partial charge in [-0.2, -0.15) is 0 Å². The normalized spacial score (nSPS) is 18.9. The highest BCUT2D eigenvalue weighted by molar-refractivity contribution is 5.94. The van der Waals surface area contributed by atoms with Crippen LogP contribution in [0.2, 0.25) is 0 Å². The van der Waals surface area contributed by atoms with Gasteiger partial charge in [0.05, 0.1) is 17.9 Å². The third-order valence-corrected chi connectivity index (χ3v) is 3.36. The number of morpholine rings is 1. The molecule has 1 aliphatic rings. The van der Waals surface area contributed by atoms with Gasteiger partial charge in [0.15, 0.2) is 0 Å². The molecule has 0 unspecified atom stereocenters. The molecule has 106 valence electrons. The van der Waals surface area contributed by atoms with Crippen LogP contribution in [0.25, 0.3) is 0 Å². The lowest BCUT2D eigenvalue weighted by atomic mass is 10.1. The maximum Gasteiger partial charge on any atom is 0.270 e. The molecule has 5 nitrogen and oxygen atoms in total. The number of carbonyl (C=O) groups is 1. The number of carbonyl (C=O) groups excluding carboxylic acids is 1. The summed E-state index contributed by atoms with van der Waals surface area (Å²) in [5, 5.41) is 0. The summed E-state index contributed by atoms with van der Waals surface area (Å²) in [6, 6.07) is 1.97. The van der Waals surface area contributed by atoms with Crippen molar-refractivity contribution in [2.24, 2.45) is 0 Å². The Labute approximate surface area is 114 Å². The summed E-state index contributed by atoms with van der Waals surface area (Å²) in [5.74, 6) is 0.0294. The fraction of sp³-hybridized carbons (Fsp3) is 0.643. The summed E-state index contributed by atoms with van der Waals surface area (Å²) in [5.41, 5.74) is 6.83. The maximum absolute atomic E-state index is 12.6. The number of hydrogen-bond acceptors (Lipinski definition) is 3. The molecule has 19 heavy (non-hydrogen) atoms. The lowest BCUT2D eigenvalue weighted by molar-refractivity contribution is -0.0766. The smallest absolute Gasteiger partial charge is 0.270 e. The van der Waals surface area contributed by atoms with Gasteiger partial charge in [0, 0.05) is 25.3 Å². The van der Waals surface area contributed by atoms with Gasteiger partial charge < -0.3 is 19.9 Å². The van der Waals surface area contributed by atoms with Crippen LogP contribution in [0.15, 0.2) is 12.3 Å². The number of nitrogens with zero attached hydrogens (tertiary/aromatic N) is 2. The average molecular weight is 265 g/mol. The molecule has 2 N–H and O–H groups in total. The number of hydrogen-bond donors (Lipinski definition) is 1. The van der Waals surface area contributed by atoms with Gasteiger partial charge in [-0.15, -0.1) is 0 Å². The topological polar surface area (TPSA) is 60.5 Å². The number of amides is 1. The Morgan fingerprint density at radius 1 is 1.47 bits per heavy atom. The molecule has 1 saturated heterocycles. The van der Waals surface area contributed by atoms with Crippen LogP contribution >= 0.6 is 0 Å². The first-order valence-corrected chi connectivity index (χ1v) is 6.71. The summed E-state index contributed by atoms with van der Waals surface area (Å²) in [6.45, 7) is 9.90. The number of nitrogen functional groups attached to an aromatic ring is 1. The van der Waals surface area contributed by atoms with Crippen LogP contribution in [0.3, 0.4) is 0 Å². The van der Waals surface area contributed by atoms with Gasteiger partial charge in [-0.25, -0.2) is 0 Å². The number of nitrogens with two attached hydrogens (primary N) is 1. The molecule has 2 heterocycles. The van der Waals surface area contributed by atoms with E-state index in [0.717, 1.165) is 0 Å². The van der Waals surface area contributed by atoms with E-state index in [0.29, 0.717) is 31.1 Å². The zero-order valence-electron chi connectivity index (χ0n) is 12.1. The first-order chi connectivity index (χ1) is 8.80. The molecule has 1 amide bonds. The third-order valence-electron chi connectivity index (χ3n) is 3.36. The van der Waals surface area contributed by atoms with E-state index in [2.05, 4.69) is 0 Å². The lowest BCUT2D eigenvalue weighted by Gasteiger charge is -2.38. The molecule has 0 atom stereocenters. The van der Waals surface area contributed by atoms with E-state index in [9.17, 15) is 4.79 Å². The Hall–Kier alpha value is -1.49. The minimum absolute atomic E-state index is 0.0294. The molecule has 1 aromatic heterocycles. The highest BCUT2D eigenvalue weighted by Gasteiger charge is 2.31. The van der Waals surface area contributed by atoms with Crippen LogP contribution in [-0.4, -0.2) is 40.7 Å². The van der Waals surface area contributed by atoms with Crippen molar-refractivity contribution in [3.05, 3.63) is 18.0 Å². The van der Waals surface area contributed by atoms with Crippen LogP contribution in [0, 0.1) is 0 Å². The van der Waals surface area contributed by atoms with Gasteiger partial charge in [0.25, 0.3) is 5.91 Å². The standard InChI is InChI=1S/C14H23N3O2/c1-10(2)17-8-11(15)7-12(17)13(18)16-5-6-19-14(3,4)9-16/h7-8,10H,5-6,9,15H2,1-4H3. The Bertz CT molecular complexity index is 477. The molecule has 2 rings (SSSR count). The highest BCUT2D eigenvalue weighted by atomic mass is 16.5. The number of anilines is 1. The van der Waals surface area contributed by atoms with Crippen LogP contribution in [-0.2, 0) is 4.74 Å². The van der Waals surface area contributed by atoms with Gasteiger partial charge in [-0.1, -0.05) is 0 Å². The molecular weight excluding hydrogens is 242 g/mol. The van der Waals surface area contributed by atoms with E-state index >= 15 is 0 Å². The predicted octanol–water partition coefficient (Wildman–Crippen LogP) is 1.90. The van der Waals surface area contributed by atoms with Crippen LogP contribution in [0.4, 0.5) is 5.69 Å². The Balaban J connectivity index is 2.24. The zero-order chi connectivity index (χ0) is 14.2. The molecule has 1 aromatic rings. The summed E-state index contributed by atoms with van der Waals surface area (Å²) in [4.78, 5) is 14.5. The summed E-state index contributed by atoms with van der Waals surface area (Å²) in [6.07, 6.45) is 1.82. The number of ether oxygens (including phenoxy) is 1. The van der Waals surface area contributed by atoms with E-state index in [4.69, 9.17) is 10.5 Å². The van der Waals surface area contributed by atoms with Gasteiger partial charge >= 0.3 is 0 Å². The fourth-order valence-electron chi connectivity index (χ4n) is 2.45. The second-order valence-electron chi connectivity index (χ2n) is 5.99. The van der Waals surface area contributed by atoms with Crippen molar-refractivity contribution in [2.75, 3.05) is 25.4 Å². The van der Waals surface area contributed by atoms with Crippen LogP contribution in [0.5, 0.6) is 0 Å². The SMILES string of the molecule is CC(C)n1cc(N)cc1C(=O)N1CCOC(C)(C)C1. The Kier molecular flexibility index (Phi) is 3.58. The third kappa shape index (κ3) is 2.92. The quantitative estimate of drug-likeness (QED) is 0.888. The lowest BCUT2D eigenvalue weighted by Crippen LogP contribution is -2.50. The van der Waals surface area contributed by atoms with Crippen LogP contribution < -0.4 is 5.73 Å². The predicted molar refractivity (Wildman–Crippen MR) is 75.2 cm³/mol. The number of aromatic nitrogens is 1. The first kappa shape index (κ1) is 13.9. The van der Waals surface area contributed by atoms with E-state index in [1.165, 1.54) is 0 Å². The molecule has 0 radical (unpaired) electrons. The second kappa shape index (κ2) is 4.89. The largest absolute Gasteiger partial charge is 0.397 e. The first-order valence-electron chi connectivity index (χ1n) is 6.71. The zero-order valence-corrected chi connectivity index (χ0v) is 12.1. The van der Waals surface area contributed by atoms with Gasteiger partial charge in [0.1, 0.15) is 5.69 Å². The van der Waals surface area contributed by atoms with Crippen molar-refractivity contribution in [1.29, 1.82) is 0 Å². The molecule has 5 heteroatoms. The van der Waals surface area contributed by atoms with Crippen molar-refractivity contribution in [2.45, 2.75) is 39.3 Å². The number of rotatable bonds is 2. The molecule has 1 aliphatic heterocycles. The average Bonchev–Trinajstić information content (AvgIpc) is 2.69. The molecule has 1 fully saturated rings. The maximum atomic E-state index is 12.6. The molecular formula is C14H23N3O2. The Morgan fingerprint density at radius 3 is 2.74 bits per heavy atom. The molecule has 0 saturated carbocycles. The van der Waals surface area contributed by atoms with Crippen molar-refractivity contribution < 1.29 is 9.53 Å². The van der Waals surface area contributed by atoms with Crippen molar-refractivity contribution in [1.82, 2.24) is 9.47 Å². The fourth-order valence-corrected chi connectivity index (χ4v) is 2.45. The van der Waals surface area contributed by atoms with Gasteiger partial charge in [-0.05, 0) is 33.8 Å². The van der Waals surface area contributed by atoms with Crippen molar-refractivity contribution in [3.8, 4) is 0 Å². The molecule has 0 aromatic carbocycles. The minimum Gasteiger partial charge on any atom is -0.397 e. The van der Waals surface area contributed by atoms with Crippen LogP contribution in [0.1, 0.15) is 44.2 Å². The van der Waals surface area contributed by atoms with E-state index in [1.54, 1.807) is 6.07 Å². The molecule has 0 spiro atoms. The van der Waals surface area contributed by atoms with E-state index in [-0.39, 0.29) is 17.6 Å². The van der Waals surface area contributed by atoms with E-state index < -0.39 is 0 Å². The van der Waals surface area contributed by atoms with E-state index in [1.807, 2.05) is 43.4 Å². The van der Waals surface area contributed by atoms with Crippen molar-refractivity contribution in [3.63, 3.8) is 0 Å². The summed E-state index contributed by atoms with van der Waals surface area (Å²) < 4.78 is 7.57. The molecule has 0 aliphatic carbocycles. The summed E-state index contributed by atoms with van der Waals surface area (Å²) in [7, 11) is 0. The van der Waals surface area contributed by atoms with Crippen molar-refractivity contribution >= 4 is 11.6 Å². The van der Waals surface area contributed by atoms with Gasteiger partial charge in [-0.3, -0.25) is 4.79 Å². The monoisotopic (exact) mass is 265 g/mol. The Morgan fingerprint density at radius 2 is 2.16 bits per heavy atom. The minimum atomic E-state index is -0.283. The second-order valence-corrected chi connectivity index (χ2v) is 5.99.